The molecule has 34 heavy (non-hydrogen) atoms. The second-order valence-electron chi connectivity index (χ2n) is 7.55. The number of hydrogen-bond acceptors (Lipinski definition) is 7. The number of carbonyl (C=O) groups is 2. The highest BCUT2D eigenvalue weighted by Crippen LogP contribution is 2.24. The largest absolute Gasteiger partial charge is 0.490 e. The van der Waals surface area contributed by atoms with Crippen molar-refractivity contribution < 1.29 is 24.1 Å². The van der Waals surface area contributed by atoms with Crippen molar-refractivity contribution in [2.75, 3.05) is 11.5 Å². The summed E-state index contributed by atoms with van der Waals surface area (Å²) in [6.45, 7) is 4.17. The van der Waals surface area contributed by atoms with E-state index < -0.39 is 5.91 Å². The van der Waals surface area contributed by atoms with Gasteiger partial charge in [0, 0.05) is 24.1 Å². The zero-order valence-electron chi connectivity index (χ0n) is 18.9. The molecule has 2 aromatic carbocycles. The summed E-state index contributed by atoms with van der Waals surface area (Å²) >= 11 is 0. The van der Waals surface area contributed by atoms with Gasteiger partial charge in [0.1, 0.15) is 12.4 Å². The number of ether oxygens (including phenoxy) is 1. The van der Waals surface area contributed by atoms with Crippen LogP contribution in [0.4, 0.5) is 5.69 Å². The number of nitrogens with one attached hydrogen (secondary N) is 1. The maximum Gasteiger partial charge on any atom is 0.257 e. The summed E-state index contributed by atoms with van der Waals surface area (Å²) < 4.78 is 10.9. The zero-order valence-corrected chi connectivity index (χ0v) is 18.9. The molecule has 0 fully saturated rings. The van der Waals surface area contributed by atoms with Gasteiger partial charge in [-0.2, -0.15) is 4.98 Å². The molecule has 9 heteroatoms. The van der Waals surface area contributed by atoms with Crippen LogP contribution in [0.15, 0.2) is 71.8 Å². The van der Waals surface area contributed by atoms with Gasteiger partial charge in [-0.3, -0.25) is 14.8 Å². The minimum Gasteiger partial charge on any atom is -0.490 e. The molecule has 0 spiro atoms. The number of unbranched alkanes of at least 4 members (excludes halogenated alkanes) is 2. The first-order valence-electron chi connectivity index (χ1n) is 11.1. The van der Waals surface area contributed by atoms with Crippen LogP contribution in [-0.4, -0.2) is 33.8 Å². The molecule has 0 saturated carbocycles. The normalized spacial score (nSPS) is 10.5. The standard InChI is InChI=1S/C25H28N4O5/c1-2-17-33-21-15-13-20(14-16-21)29(24(31)12-8-4-7-11-23(30)27-32)18-22-26-25(34-28-22)19-9-5-3-6-10-19/h2-3,5-6,9-10,13-16,32H,1,4,7-8,11-12,17-18H2,(H,27,30). The van der Waals surface area contributed by atoms with Gasteiger partial charge >= 0.3 is 0 Å². The first-order chi connectivity index (χ1) is 16.6. The first kappa shape index (κ1) is 24.7. The van der Waals surface area contributed by atoms with Gasteiger partial charge in [-0.25, -0.2) is 5.48 Å². The lowest BCUT2D eigenvalue weighted by Gasteiger charge is -2.22. The van der Waals surface area contributed by atoms with Crippen LogP contribution in [0.5, 0.6) is 5.75 Å². The fourth-order valence-electron chi connectivity index (χ4n) is 3.29. The van der Waals surface area contributed by atoms with Crippen molar-refractivity contribution in [1.29, 1.82) is 0 Å². The molecule has 0 aliphatic heterocycles. The van der Waals surface area contributed by atoms with Crippen molar-refractivity contribution >= 4 is 17.5 Å². The van der Waals surface area contributed by atoms with Crippen LogP contribution in [0.1, 0.15) is 37.9 Å². The third-order valence-corrected chi connectivity index (χ3v) is 5.02. The van der Waals surface area contributed by atoms with E-state index in [-0.39, 0.29) is 18.9 Å². The summed E-state index contributed by atoms with van der Waals surface area (Å²) in [5.74, 6) is 0.914. The third-order valence-electron chi connectivity index (χ3n) is 5.02. The Kier molecular flexibility index (Phi) is 9.36. The molecule has 2 amide bonds. The Morgan fingerprint density at radius 1 is 1.06 bits per heavy atom. The lowest BCUT2D eigenvalue weighted by Crippen LogP contribution is -2.30. The molecule has 3 aromatic rings. The lowest BCUT2D eigenvalue weighted by molar-refractivity contribution is -0.129. The number of hydroxylamine groups is 1. The van der Waals surface area contributed by atoms with Crippen molar-refractivity contribution in [2.24, 2.45) is 0 Å². The average molecular weight is 465 g/mol. The van der Waals surface area contributed by atoms with E-state index >= 15 is 0 Å². The number of benzene rings is 2. The van der Waals surface area contributed by atoms with Gasteiger partial charge in [0.15, 0.2) is 5.82 Å². The van der Waals surface area contributed by atoms with Crippen molar-refractivity contribution in [3.05, 3.63) is 73.1 Å². The summed E-state index contributed by atoms with van der Waals surface area (Å²) in [5, 5.41) is 12.6. The predicted octanol–water partition coefficient (Wildman–Crippen LogP) is 4.29. The number of amides is 2. The zero-order chi connectivity index (χ0) is 24.2. The minimum atomic E-state index is -0.432. The van der Waals surface area contributed by atoms with E-state index in [2.05, 4.69) is 16.7 Å². The fraction of sp³-hybridized carbons (Fsp3) is 0.280. The van der Waals surface area contributed by atoms with E-state index in [0.717, 1.165) is 5.56 Å². The van der Waals surface area contributed by atoms with Gasteiger partial charge in [-0.15, -0.1) is 0 Å². The summed E-state index contributed by atoms with van der Waals surface area (Å²) in [4.78, 5) is 30.3. The Morgan fingerprint density at radius 2 is 1.79 bits per heavy atom. The Labute approximate surface area is 198 Å². The summed E-state index contributed by atoms with van der Waals surface area (Å²) in [5.41, 5.74) is 3.09. The molecule has 1 heterocycles. The van der Waals surface area contributed by atoms with E-state index in [9.17, 15) is 9.59 Å². The van der Waals surface area contributed by atoms with Gasteiger partial charge in [-0.1, -0.05) is 42.4 Å². The van der Waals surface area contributed by atoms with Crippen LogP contribution in [-0.2, 0) is 16.1 Å². The van der Waals surface area contributed by atoms with Crippen LogP contribution >= 0.6 is 0 Å². The molecule has 178 valence electrons. The predicted molar refractivity (Wildman–Crippen MR) is 126 cm³/mol. The Bertz CT molecular complexity index is 1070. The molecular weight excluding hydrogens is 436 g/mol. The molecule has 9 nitrogen and oxygen atoms in total. The van der Waals surface area contributed by atoms with Gasteiger partial charge < -0.3 is 14.2 Å². The second-order valence-corrected chi connectivity index (χ2v) is 7.55. The Morgan fingerprint density at radius 3 is 2.50 bits per heavy atom. The molecule has 0 saturated heterocycles. The molecule has 0 radical (unpaired) electrons. The maximum absolute atomic E-state index is 13.1. The van der Waals surface area contributed by atoms with Crippen molar-refractivity contribution in [3.8, 4) is 17.2 Å². The lowest BCUT2D eigenvalue weighted by atomic mass is 10.1. The Balaban J connectivity index is 1.70. The Hall–Kier alpha value is -3.98. The van der Waals surface area contributed by atoms with Gasteiger partial charge in [0.05, 0.1) is 6.54 Å². The van der Waals surface area contributed by atoms with Crippen LogP contribution < -0.4 is 15.1 Å². The number of nitrogens with zero attached hydrogens (tertiary/aromatic N) is 3. The molecule has 0 aliphatic carbocycles. The quantitative estimate of drug-likeness (QED) is 0.168. The molecule has 1 aromatic heterocycles. The number of hydrogen-bond donors (Lipinski definition) is 2. The summed E-state index contributed by atoms with van der Waals surface area (Å²) in [6, 6.07) is 16.6. The van der Waals surface area contributed by atoms with Crippen molar-refractivity contribution in [3.63, 3.8) is 0 Å². The third kappa shape index (κ3) is 7.28. The smallest absolute Gasteiger partial charge is 0.257 e. The maximum atomic E-state index is 13.1. The summed E-state index contributed by atoms with van der Waals surface area (Å²) in [7, 11) is 0. The van der Waals surface area contributed by atoms with Gasteiger partial charge in [0.2, 0.25) is 11.8 Å². The molecule has 0 unspecified atom stereocenters. The number of rotatable bonds is 13. The van der Waals surface area contributed by atoms with E-state index in [1.807, 2.05) is 30.3 Å². The highest BCUT2D eigenvalue weighted by Gasteiger charge is 2.20. The van der Waals surface area contributed by atoms with E-state index in [0.29, 0.717) is 55.4 Å². The molecule has 0 bridgehead atoms. The van der Waals surface area contributed by atoms with Crippen LogP contribution in [0.3, 0.4) is 0 Å². The number of anilines is 1. The minimum absolute atomic E-state index is 0.0996. The SMILES string of the molecule is C=CCOc1ccc(N(Cc2noc(-c3ccccc3)n2)C(=O)CCCCCC(=O)NO)cc1. The van der Waals surface area contributed by atoms with Crippen molar-refractivity contribution in [1.82, 2.24) is 15.6 Å². The van der Waals surface area contributed by atoms with Gasteiger partial charge in [0.25, 0.3) is 5.89 Å². The number of carbonyl (C=O) groups excluding carboxylic acids is 2. The monoisotopic (exact) mass is 464 g/mol. The molecular formula is C25H28N4O5. The fourth-order valence-corrected chi connectivity index (χ4v) is 3.29. The highest BCUT2D eigenvalue weighted by atomic mass is 16.5. The van der Waals surface area contributed by atoms with E-state index in [1.165, 1.54) is 0 Å². The average Bonchev–Trinajstić information content (AvgIpc) is 3.35. The van der Waals surface area contributed by atoms with Crippen LogP contribution in [0, 0.1) is 0 Å². The van der Waals surface area contributed by atoms with Crippen molar-refractivity contribution in [2.45, 2.75) is 38.6 Å². The molecule has 2 N–H and O–H groups in total. The highest BCUT2D eigenvalue weighted by molar-refractivity contribution is 5.93. The molecule has 0 atom stereocenters. The summed E-state index contributed by atoms with van der Waals surface area (Å²) in [6.07, 6.45) is 4.04. The number of aromatic nitrogens is 2. The second kappa shape index (κ2) is 12.9. The topological polar surface area (TPSA) is 118 Å². The first-order valence-corrected chi connectivity index (χ1v) is 11.1. The van der Waals surface area contributed by atoms with Crippen LogP contribution in [0.2, 0.25) is 0 Å². The van der Waals surface area contributed by atoms with E-state index in [4.69, 9.17) is 14.5 Å². The molecule has 3 rings (SSSR count). The van der Waals surface area contributed by atoms with E-state index in [1.54, 1.807) is 40.7 Å². The van der Waals surface area contributed by atoms with Gasteiger partial charge in [-0.05, 0) is 49.2 Å². The molecule has 0 aliphatic rings. The van der Waals surface area contributed by atoms with Crippen LogP contribution in [0.25, 0.3) is 11.5 Å².